The molecule has 0 spiro atoms. The predicted octanol–water partition coefficient (Wildman–Crippen LogP) is 3.79. The zero-order valence-electron chi connectivity index (χ0n) is 12.6. The van der Waals surface area contributed by atoms with Crippen LogP contribution in [0.15, 0.2) is 71.1 Å². The minimum absolute atomic E-state index is 0.119. The third-order valence-corrected chi connectivity index (χ3v) is 3.67. The Bertz CT molecular complexity index is 755. The SMILES string of the molecule is OCc1ccc(CN[C@H](c2ccccc2)c2cccc(F)c2)o1. The Morgan fingerprint density at radius 2 is 1.65 bits per heavy atom. The molecule has 3 nitrogen and oxygen atoms in total. The molecule has 1 aromatic heterocycles. The first-order chi connectivity index (χ1) is 11.3. The number of halogens is 1. The van der Waals surface area contributed by atoms with Crippen LogP contribution in [0.2, 0.25) is 0 Å². The van der Waals surface area contributed by atoms with Gasteiger partial charge in [0.15, 0.2) is 0 Å². The molecule has 0 radical (unpaired) electrons. The van der Waals surface area contributed by atoms with Gasteiger partial charge in [0.2, 0.25) is 0 Å². The standard InChI is InChI=1S/C19H18FNO2/c20-16-8-4-7-15(11-16)19(14-5-2-1-3-6-14)21-12-17-9-10-18(13-22)23-17/h1-11,19,21-22H,12-13H2/t19-/m1/s1. The summed E-state index contributed by atoms with van der Waals surface area (Å²) >= 11 is 0. The summed E-state index contributed by atoms with van der Waals surface area (Å²) in [4.78, 5) is 0. The van der Waals surface area contributed by atoms with Crippen LogP contribution >= 0.6 is 0 Å². The van der Waals surface area contributed by atoms with E-state index in [1.54, 1.807) is 12.1 Å². The molecule has 0 bridgehead atoms. The topological polar surface area (TPSA) is 45.4 Å². The fourth-order valence-electron chi connectivity index (χ4n) is 2.56. The molecule has 0 aliphatic heterocycles. The van der Waals surface area contributed by atoms with Crippen LogP contribution in [0.5, 0.6) is 0 Å². The van der Waals surface area contributed by atoms with Gasteiger partial charge in [-0.05, 0) is 35.4 Å². The first-order valence-electron chi connectivity index (χ1n) is 7.48. The van der Waals surface area contributed by atoms with E-state index in [2.05, 4.69) is 5.32 Å². The predicted molar refractivity (Wildman–Crippen MR) is 86.2 cm³/mol. The van der Waals surface area contributed by atoms with Crippen molar-refractivity contribution in [2.24, 2.45) is 0 Å². The number of rotatable bonds is 6. The van der Waals surface area contributed by atoms with Crippen molar-refractivity contribution in [3.8, 4) is 0 Å². The number of nitrogens with one attached hydrogen (secondary N) is 1. The van der Waals surface area contributed by atoms with Crippen LogP contribution in [0, 0.1) is 5.82 Å². The number of benzene rings is 2. The maximum absolute atomic E-state index is 13.6. The van der Waals surface area contributed by atoms with E-state index in [-0.39, 0.29) is 18.5 Å². The molecule has 0 amide bonds. The molecule has 1 heterocycles. The lowest BCUT2D eigenvalue weighted by atomic mass is 9.98. The van der Waals surface area contributed by atoms with E-state index in [1.807, 2.05) is 42.5 Å². The fourth-order valence-corrected chi connectivity index (χ4v) is 2.56. The summed E-state index contributed by atoms with van der Waals surface area (Å²) in [6.07, 6.45) is 0. The Balaban J connectivity index is 1.83. The Morgan fingerprint density at radius 3 is 2.35 bits per heavy atom. The van der Waals surface area contributed by atoms with Crippen LogP contribution < -0.4 is 5.32 Å². The van der Waals surface area contributed by atoms with Crippen molar-refractivity contribution in [1.82, 2.24) is 5.32 Å². The van der Waals surface area contributed by atoms with Crippen molar-refractivity contribution in [1.29, 1.82) is 0 Å². The summed E-state index contributed by atoms with van der Waals surface area (Å²) in [7, 11) is 0. The molecule has 0 unspecified atom stereocenters. The minimum atomic E-state index is -0.259. The number of aliphatic hydroxyl groups excluding tert-OH is 1. The smallest absolute Gasteiger partial charge is 0.129 e. The van der Waals surface area contributed by atoms with Gasteiger partial charge in [0.05, 0.1) is 12.6 Å². The van der Waals surface area contributed by atoms with Crippen molar-refractivity contribution < 1.29 is 13.9 Å². The molecule has 0 aliphatic carbocycles. The van der Waals surface area contributed by atoms with Crippen LogP contribution in [0.1, 0.15) is 28.7 Å². The van der Waals surface area contributed by atoms with Gasteiger partial charge in [-0.1, -0.05) is 42.5 Å². The molecule has 4 heteroatoms. The summed E-state index contributed by atoms with van der Waals surface area (Å²) < 4.78 is 19.1. The second kappa shape index (κ2) is 7.22. The van der Waals surface area contributed by atoms with Crippen LogP contribution in [0.3, 0.4) is 0 Å². The van der Waals surface area contributed by atoms with Gasteiger partial charge in [0, 0.05) is 0 Å². The molecular formula is C19H18FNO2. The van der Waals surface area contributed by atoms with E-state index in [4.69, 9.17) is 9.52 Å². The zero-order chi connectivity index (χ0) is 16.1. The Labute approximate surface area is 134 Å². The Hall–Kier alpha value is -2.43. The highest BCUT2D eigenvalue weighted by atomic mass is 19.1. The molecule has 2 N–H and O–H groups in total. The Kier molecular flexibility index (Phi) is 4.86. The summed E-state index contributed by atoms with van der Waals surface area (Å²) in [6.45, 7) is 0.363. The summed E-state index contributed by atoms with van der Waals surface area (Å²) in [5.41, 5.74) is 1.90. The second-order valence-corrected chi connectivity index (χ2v) is 5.31. The van der Waals surface area contributed by atoms with E-state index in [1.165, 1.54) is 12.1 Å². The maximum atomic E-state index is 13.6. The average Bonchev–Trinajstić information content (AvgIpc) is 3.04. The molecule has 0 saturated heterocycles. The van der Waals surface area contributed by atoms with Gasteiger partial charge < -0.3 is 9.52 Å². The molecule has 23 heavy (non-hydrogen) atoms. The van der Waals surface area contributed by atoms with Gasteiger partial charge in [-0.25, -0.2) is 4.39 Å². The zero-order valence-corrected chi connectivity index (χ0v) is 12.6. The third-order valence-electron chi connectivity index (χ3n) is 3.67. The molecule has 3 aromatic rings. The van der Waals surface area contributed by atoms with E-state index in [0.29, 0.717) is 12.3 Å². The second-order valence-electron chi connectivity index (χ2n) is 5.31. The number of hydrogen-bond donors (Lipinski definition) is 2. The van der Waals surface area contributed by atoms with Crippen LogP contribution in [-0.2, 0) is 13.2 Å². The van der Waals surface area contributed by atoms with Gasteiger partial charge in [-0.15, -0.1) is 0 Å². The first kappa shape index (κ1) is 15.5. The molecule has 2 aromatic carbocycles. The highest BCUT2D eigenvalue weighted by Crippen LogP contribution is 2.23. The first-order valence-corrected chi connectivity index (χ1v) is 7.48. The van der Waals surface area contributed by atoms with Crippen molar-refractivity contribution in [3.05, 3.63) is 95.2 Å². The molecule has 0 fully saturated rings. The van der Waals surface area contributed by atoms with Gasteiger partial charge in [0.1, 0.15) is 23.9 Å². The number of hydrogen-bond acceptors (Lipinski definition) is 3. The summed E-state index contributed by atoms with van der Waals surface area (Å²) in [5.74, 6) is 1.00. The lowest BCUT2D eigenvalue weighted by Gasteiger charge is -2.19. The fraction of sp³-hybridized carbons (Fsp3) is 0.158. The quantitative estimate of drug-likeness (QED) is 0.728. The highest BCUT2D eigenvalue weighted by molar-refractivity contribution is 5.32. The molecule has 0 saturated carbocycles. The van der Waals surface area contributed by atoms with E-state index in [0.717, 1.165) is 16.9 Å². The van der Waals surface area contributed by atoms with Gasteiger partial charge in [0.25, 0.3) is 0 Å². The molecule has 3 rings (SSSR count). The van der Waals surface area contributed by atoms with Crippen molar-refractivity contribution in [2.75, 3.05) is 0 Å². The highest BCUT2D eigenvalue weighted by Gasteiger charge is 2.15. The number of furan rings is 1. The van der Waals surface area contributed by atoms with Crippen molar-refractivity contribution in [2.45, 2.75) is 19.2 Å². The summed E-state index contributed by atoms with van der Waals surface area (Å²) in [5, 5.41) is 12.5. The lowest BCUT2D eigenvalue weighted by molar-refractivity contribution is 0.242. The maximum Gasteiger partial charge on any atom is 0.129 e. The normalized spacial score (nSPS) is 12.3. The van der Waals surface area contributed by atoms with E-state index < -0.39 is 0 Å². The molecule has 118 valence electrons. The van der Waals surface area contributed by atoms with Crippen LogP contribution in [0.25, 0.3) is 0 Å². The van der Waals surface area contributed by atoms with E-state index >= 15 is 0 Å². The molecule has 1 atom stereocenters. The van der Waals surface area contributed by atoms with Gasteiger partial charge in [-0.2, -0.15) is 0 Å². The van der Waals surface area contributed by atoms with E-state index in [9.17, 15) is 4.39 Å². The largest absolute Gasteiger partial charge is 0.462 e. The van der Waals surface area contributed by atoms with Gasteiger partial charge >= 0.3 is 0 Å². The van der Waals surface area contributed by atoms with Crippen LogP contribution in [0.4, 0.5) is 4.39 Å². The molecular weight excluding hydrogens is 293 g/mol. The summed E-state index contributed by atoms with van der Waals surface area (Å²) in [6, 6.07) is 19.9. The van der Waals surface area contributed by atoms with Crippen LogP contribution in [-0.4, -0.2) is 5.11 Å². The Morgan fingerprint density at radius 1 is 0.913 bits per heavy atom. The monoisotopic (exact) mass is 311 g/mol. The third kappa shape index (κ3) is 3.86. The number of aliphatic hydroxyl groups is 1. The van der Waals surface area contributed by atoms with Gasteiger partial charge in [-0.3, -0.25) is 5.32 Å². The average molecular weight is 311 g/mol. The van der Waals surface area contributed by atoms with Crippen molar-refractivity contribution >= 4 is 0 Å². The lowest BCUT2D eigenvalue weighted by Crippen LogP contribution is -2.22. The minimum Gasteiger partial charge on any atom is -0.462 e. The molecule has 0 aliphatic rings. The van der Waals surface area contributed by atoms with Crippen molar-refractivity contribution in [3.63, 3.8) is 0 Å².